The summed E-state index contributed by atoms with van der Waals surface area (Å²) in [6.45, 7) is 3.85. The lowest BCUT2D eigenvalue weighted by Crippen LogP contribution is -2.44. The lowest BCUT2D eigenvalue weighted by atomic mass is 10.0. The number of aliphatic hydroxyl groups is 1. The smallest absolute Gasteiger partial charge is 0.411 e. The van der Waals surface area contributed by atoms with Crippen molar-refractivity contribution in [3.8, 4) is 0 Å². The van der Waals surface area contributed by atoms with Gasteiger partial charge in [0, 0.05) is 6.42 Å². The van der Waals surface area contributed by atoms with E-state index in [-0.39, 0.29) is 6.42 Å². The number of esters is 1. The highest BCUT2D eigenvalue weighted by atomic mass is 19.1. The van der Waals surface area contributed by atoms with Gasteiger partial charge in [-0.25, -0.2) is 14.0 Å². The predicted octanol–water partition coefficient (Wildman–Crippen LogP) is 0.869. The van der Waals surface area contributed by atoms with E-state index in [4.69, 9.17) is 9.84 Å². The highest BCUT2D eigenvalue weighted by molar-refractivity contribution is 5.82. The monoisotopic (exact) mass is 277 g/mol. The second-order valence-electron chi connectivity index (χ2n) is 5.66. The number of amides is 1. The summed E-state index contributed by atoms with van der Waals surface area (Å²) in [6.07, 6.45) is -1.09. The first-order valence-electron chi connectivity index (χ1n) is 5.99. The van der Waals surface area contributed by atoms with E-state index in [1.807, 2.05) is 0 Å². The lowest BCUT2D eigenvalue weighted by molar-refractivity contribution is -0.145. The molecule has 1 saturated heterocycles. The molecule has 2 unspecified atom stereocenters. The van der Waals surface area contributed by atoms with Crippen LogP contribution in [0.5, 0.6) is 0 Å². The van der Waals surface area contributed by atoms with Crippen molar-refractivity contribution in [3.63, 3.8) is 0 Å². The highest BCUT2D eigenvalue weighted by Crippen LogP contribution is 2.32. The number of hydrogen-bond donors (Lipinski definition) is 1. The molecule has 6 nitrogen and oxygen atoms in total. The van der Waals surface area contributed by atoms with Crippen LogP contribution >= 0.6 is 0 Å². The summed E-state index contributed by atoms with van der Waals surface area (Å²) in [5.74, 6) is -0.723. The van der Waals surface area contributed by atoms with E-state index < -0.39 is 42.5 Å². The molecule has 0 bridgehead atoms. The van der Waals surface area contributed by atoms with Crippen LogP contribution < -0.4 is 0 Å². The molecule has 2 atom stereocenters. The maximum Gasteiger partial charge on any atom is 0.411 e. The molecule has 1 rings (SSSR count). The Hall–Kier alpha value is -1.37. The third kappa shape index (κ3) is 3.79. The van der Waals surface area contributed by atoms with Gasteiger partial charge in [0.05, 0.1) is 20.3 Å². The molecule has 1 aliphatic rings. The van der Waals surface area contributed by atoms with Gasteiger partial charge in [-0.05, 0) is 20.8 Å². The van der Waals surface area contributed by atoms with Gasteiger partial charge in [-0.15, -0.1) is 0 Å². The van der Waals surface area contributed by atoms with E-state index in [0.717, 1.165) is 12.0 Å². The zero-order valence-corrected chi connectivity index (χ0v) is 11.6. The molecule has 1 fully saturated rings. The second-order valence-corrected chi connectivity index (χ2v) is 5.66. The first kappa shape index (κ1) is 15.7. The number of ether oxygens (including phenoxy) is 2. The number of nitrogens with zero attached hydrogens (tertiary/aromatic N) is 1. The molecule has 19 heavy (non-hydrogen) atoms. The van der Waals surface area contributed by atoms with E-state index in [9.17, 15) is 14.0 Å². The minimum absolute atomic E-state index is 0.296. The van der Waals surface area contributed by atoms with Crippen molar-refractivity contribution in [2.75, 3.05) is 20.3 Å². The van der Waals surface area contributed by atoms with Crippen molar-refractivity contribution in [2.24, 2.45) is 0 Å². The van der Waals surface area contributed by atoms with Crippen LogP contribution in [-0.2, 0) is 14.3 Å². The maximum atomic E-state index is 14.1. The molecule has 1 N–H and O–H groups in total. The van der Waals surface area contributed by atoms with Gasteiger partial charge in [-0.3, -0.25) is 4.90 Å². The minimum Gasteiger partial charge on any atom is -0.467 e. The van der Waals surface area contributed by atoms with Crippen LogP contribution in [-0.4, -0.2) is 59.6 Å². The lowest BCUT2D eigenvalue weighted by Gasteiger charge is -2.27. The molecule has 0 spiro atoms. The third-order valence-corrected chi connectivity index (χ3v) is 2.77. The standard InChI is InChI=1S/C12H20FNO5/c1-11(2,3)19-10(17)14-6-12(13,7-15)5-8(14)9(16)18-4/h8,15H,5-7H2,1-4H3. The Labute approximate surface area is 111 Å². The predicted molar refractivity (Wildman–Crippen MR) is 64.3 cm³/mol. The number of methoxy groups -OCH3 is 1. The third-order valence-electron chi connectivity index (χ3n) is 2.77. The van der Waals surface area contributed by atoms with Gasteiger partial charge in [-0.1, -0.05) is 0 Å². The van der Waals surface area contributed by atoms with E-state index in [0.29, 0.717) is 0 Å². The Morgan fingerprint density at radius 2 is 2.05 bits per heavy atom. The fraction of sp³-hybridized carbons (Fsp3) is 0.833. The van der Waals surface area contributed by atoms with Gasteiger partial charge in [0.15, 0.2) is 5.67 Å². The van der Waals surface area contributed by atoms with Gasteiger partial charge in [0.2, 0.25) is 0 Å². The zero-order valence-electron chi connectivity index (χ0n) is 11.6. The summed E-state index contributed by atoms with van der Waals surface area (Å²) >= 11 is 0. The zero-order chi connectivity index (χ0) is 14.8. The molecule has 1 aliphatic heterocycles. The number of rotatable bonds is 2. The number of halogens is 1. The molecule has 1 amide bonds. The van der Waals surface area contributed by atoms with Gasteiger partial charge in [0.25, 0.3) is 0 Å². The van der Waals surface area contributed by atoms with E-state index in [2.05, 4.69) is 4.74 Å². The van der Waals surface area contributed by atoms with E-state index >= 15 is 0 Å². The first-order valence-corrected chi connectivity index (χ1v) is 5.99. The maximum absolute atomic E-state index is 14.1. The van der Waals surface area contributed by atoms with Crippen LogP contribution in [0.1, 0.15) is 27.2 Å². The second kappa shape index (κ2) is 5.32. The molecular formula is C12H20FNO5. The minimum atomic E-state index is -2.00. The molecule has 0 saturated carbocycles. The fourth-order valence-corrected chi connectivity index (χ4v) is 1.91. The summed E-state index contributed by atoms with van der Waals surface area (Å²) in [5, 5.41) is 9.02. The summed E-state index contributed by atoms with van der Waals surface area (Å²) < 4.78 is 23.8. The number of carbonyl (C=O) groups excluding carboxylic acids is 2. The van der Waals surface area contributed by atoms with E-state index in [1.54, 1.807) is 20.8 Å². The van der Waals surface area contributed by atoms with Crippen LogP contribution in [0.25, 0.3) is 0 Å². The quantitative estimate of drug-likeness (QED) is 0.758. The number of hydrogen-bond acceptors (Lipinski definition) is 5. The van der Waals surface area contributed by atoms with Gasteiger partial charge >= 0.3 is 12.1 Å². The Balaban J connectivity index is 2.89. The average Bonchev–Trinajstić information content (AvgIpc) is 2.65. The van der Waals surface area contributed by atoms with E-state index in [1.165, 1.54) is 0 Å². The van der Waals surface area contributed by atoms with Crippen molar-refractivity contribution in [3.05, 3.63) is 0 Å². The SMILES string of the molecule is COC(=O)C1CC(F)(CO)CN1C(=O)OC(C)(C)C. The largest absolute Gasteiger partial charge is 0.467 e. The molecule has 110 valence electrons. The molecule has 0 aromatic rings. The Bertz CT molecular complexity index is 368. The first-order chi connectivity index (χ1) is 8.62. The Kier molecular flexibility index (Phi) is 4.39. The summed E-state index contributed by atoms with van der Waals surface area (Å²) in [5.41, 5.74) is -2.76. The number of alkyl halides is 1. The van der Waals surface area contributed by atoms with Crippen LogP contribution in [0, 0.1) is 0 Å². The Morgan fingerprint density at radius 1 is 1.47 bits per heavy atom. The number of aliphatic hydroxyl groups excluding tert-OH is 1. The summed E-state index contributed by atoms with van der Waals surface area (Å²) in [6, 6.07) is -1.07. The number of likely N-dealkylation sites (tertiary alicyclic amines) is 1. The van der Waals surface area contributed by atoms with Crippen molar-refractivity contribution in [1.29, 1.82) is 0 Å². The normalized spacial score (nSPS) is 27.3. The average molecular weight is 277 g/mol. The van der Waals surface area contributed by atoms with Crippen LogP contribution in [0.2, 0.25) is 0 Å². The van der Waals surface area contributed by atoms with Gasteiger partial charge in [-0.2, -0.15) is 0 Å². The molecule has 0 aromatic heterocycles. The Morgan fingerprint density at radius 3 is 2.47 bits per heavy atom. The molecular weight excluding hydrogens is 257 g/mol. The van der Waals surface area contributed by atoms with Crippen molar-refractivity contribution >= 4 is 12.1 Å². The summed E-state index contributed by atoms with van der Waals surface area (Å²) in [4.78, 5) is 24.5. The number of carbonyl (C=O) groups is 2. The molecule has 7 heteroatoms. The topological polar surface area (TPSA) is 76.1 Å². The van der Waals surface area contributed by atoms with Crippen LogP contribution in [0.3, 0.4) is 0 Å². The van der Waals surface area contributed by atoms with Gasteiger partial charge in [0.1, 0.15) is 11.6 Å². The highest BCUT2D eigenvalue weighted by Gasteiger charge is 2.50. The van der Waals surface area contributed by atoms with Crippen LogP contribution in [0.4, 0.5) is 9.18 Å². The molecule has 1 heterocycles. The van der Waals surface area contributed by atoms with Gasteiger partial charge < -0.3 is 14.6 Å². The molecule has 0 radical (unpaired) electrons. The fourth-order valence-electron chi connectivity index (χ4n) is 1.91. The summed E-state index contributed by atoms with van der Waals surface area (Å²) in [7, 11) is 1.16. The van der Waals surface area contributed by atoms with Crippen molar-refractivity contribution in [2.45, 2.75) is 44.5 Å². The van der Waals surface area contributed by atoms with Crippen molar-refractivity contribution < 1.29 is 28.6 Å². The molecule has 0 aliphatic carbocycles. The van der Waals surface area contributed by atoms with Crippen LogP contribution in [0.15, 0.2) is 0 Å². The van der Waals surface area contributed by atoms with Crippen molar-refractivity contribution in [1.82, 2.24) is 4.90 Å². The molecule has 0 aromatic carbocycles.